The van der Waals surface area contributed by atoms with Gasteiger partial charge in [-0.05, 0) is 29.8 Å². The van der Waals surface area contributed by atoms with E-state index in [0.29, 0.717) is 17.9 Å². The van der Waals surface area contributed by atoms with Crippen molar-refractivity contribution >= 4 is 21.4 Å². The molecule has 7 heteroatoms. The van der Waals surface area contributed by atoms with Gasteiger partial charge in [-0.1, -0.05) is 6.07 Å². The number of sulfonamides is 1. The van der Waals surface area contributed by atoms with Gasteiger partial charge < -0.3 is 11.1 Å². The highest BCUT2D eigenvalue weighted by atomic mass is 32.2. The molecule has 0 aliphatic rings. The van der Waals surface area contributed by atoms with Crippen LogP contribution in [0.3, 0.4) is 0 Å². The van der Waals surface area contributed by atoms with Gasteiger partial charge in [-0.3, -0.25) is 4.98 Å². The highest BCUT2D eigenvalue weighted by Crippen LogP contribution is 2.20. The Labute approximate surface area is 111 Å². The quantitative estimate of drug-likeness (QED) is 0.720. The summed E-state index contributed by atoms with van der Waals surface area (Å²) in [7, 11) is -3.76. The van der Waals surface area contributed by atoms with Crippen molar-refractivity contribution in [3.05, 3.63) is 48.3 Å². The van der Waals surface area contributed by atoms with E-state index in [2.05, 4.69) is 10.3 Å². The summed E-state index contributed by atoms with van der Waals surface area (Å²) >= 11 is 0. The van der Waals surface area contributed by atoms with Crippen LogP contribution in [0.15, 0.2) is 47.6 Å². The first-order valence-corrected chi connectivity index (χ1v) is 7.06. The van der Waals surface area contributed by atoms with E-state index in [1.54, 1.807) is 18.5 Å². The van der Waals surface area contributed by atoms with E-state index in [1.807, 2.05) is 12.1 Å². The lowest BCUT2D eigenvalue weighted by molar-refractivity contribution is 0.598. The van der Waals surface area contributed by atoms with Crippen molar-refractivity contribution in [2.24, 2.45) is 5.14 Å². The molecule has 0 radical (unpaired) electrons. The number of aromatic nitrogens is 1. The van der Waals surface area contributed by atoms with Crippen LogP contribution in [0.5, 0.6) is 0 Å². The molecular formula is C12H14N4O2S. The number of nitrogens with one attached hydrogen (secondary N) is 1. The lowest BCUT2D eigenvalue weighted by Crippen LogP contribution is -2.13. The van der Waals surface area contributed by atoms with Crippen molar-refractivity contribution in [1.82, 2.24) is 4.98 Å². The number of nitrogen functional groups attached to an aromatic ring is 1. The highest BCUT2D eigenvalue weighted by molar-refractivity contribution is 7.89. The van der Waals surface area contributed by atoms with Gasteiger partial charge in [0.05, 0.1) is 4.90 Å². The summed E-state index contributed by atoms with van der Waals surface area (Å²) in [5.74, 6) is 0. The number of hydrogen-bond acceptors (Lipinski definition) is 5. The Bertz CT molecular complexity index is 671. The van der Waals surface area contributed by atoms with Gasteiger partial charge in [0.25, 0.3) is 0 Å². The molecule has 0 atom stereocenters. The summed E-state index contributed by atoms with van der Waals surface area (Å²) in [5.41, 5.74) is 7.55. The van der Waals surface area contributed by atoms with E-state index >= 15 is 0 Å². The Morgan fingerprint density at radius 1 is 1.26 bits per heavy atom. The topological polar surface area (TPSA) is 111 Å². The fraction of sp³-hybridized carbons (Fsp3) is 0.0833. The molecule has 1 aromatic heterocycles. The van der Waals surface area contributed by atoms with Gasteiger partial charge in [0.1, 0.15) is 0 Å². The predicted molar refractivity (Wildman–Crippen MR) is 73.8 cm³/mol. The largest absolute Gasteiger partial charge is 0.399 e. The van der Waals surface area contributed by atoms with Crippen LogP contribution in [0.4, 0.5) is 11.4 Å². The zero-order valence-electron chi connectivity index (χ0n) is 10.1. The van der Waals surface area contributed by atoms with Crippen molar-refractivity contribution in [3.63, 3.8) is 0 Å². The molecule has 100 valence electrons. The Kier molecular flexibility index (Phi) is 3.68. The van der Waals surface area contributed by atoms with Gasteiger partial charge in [0, 0.05) is 30.3 Å². The van der Waals surface area contributed by atoms with Crippen LogP contribution in [0.25, 0.3) is 0 Å². The molecule has 5 N–H and O–H groups in total. The summed E-state index contributed by atoms with van der Waals surface area (Å²) in [4.78, 5) is 3.98. The lowest BCUT2D eigenvalue weighted by Gasteiger charge is -2.09. The van der Waals surface area contributed by atoms with E-state index in [4.69, 9.17) is 10.9 Å². The van der Waals surface area contributed by atoms with Gasteiger partial charge in [0.2, 0.25) is 10.0 Å². The van der Waals surface area contributed by atoms with Crippen molar-refractivity contribution < 1.29 is 8.42 Å². The zero-order chi connectivity index (χ0) is 13.9. The Hall–Kier alpha value is -2.12. The van der Waals surface area contributed by atoms with Crippen molar-refractivity contribution in [2.75, 3.05) is 11.1 Å². The summed E-state index contributed by atoms with van der Waals surface area (Å²) in [6, 6.07) is 8.15. The molecule has 19 heavy (non-hydrogen) atoms. The second-order valence-electron chi connectivity index (χ2n) is 4.05. The third-order valence-corrected chi connectivity index (χ3v) is 3.37. The van der Waals surface area contributed by atoms with E-state index in [-0.39, 0.29) is 4.90 Å². The lowest BCUT2D eigenvalue weighted by atomic mass is 10.2. The van der Waals surface area contributed by atoms with Crippen LogP contribution in [0.2, 0.25) is 0 Å². The minimum absolute atomic E-state index is 0.0128. The van der Waals surface area contributed by atoms with Crippen molar-refractivity contribution in [3.8, 4) is 0 Å². The van der Waals surface area contributed by atoms with Gasteiger partial charge >= 0.3 is 0 Å². The standard InChI is InChI=1S/C12H14N4O2S/c13-10-4-11(6-12(5-10)19(14,17)18)16-8-9-2-1-3-15-7-9/h1-7,16H,8,13H2,(H2,14,17,18). The maximum atomic E-state index is 11.3. The number of primary sulfonamides is 1. The second-order valence-corrected chi connectivity index (χ2v) is 5.61. The molecule has 1 heterocycles. The molecule has 0 spiro atoms. The summed E-state index contributed by atoms with van der Waals surface area (Å²) in [6.45, 7) is 0.515. The number of pyridine rings is 1. The summed E-state index contributed by atoms with van der Waals surface area (Å²) in [5, 5.41) is 8.15. The number of nitrogens with two attached hydrogens (primary N) is 2. The van der Waals surface area contributed by atoms with Crippen LogP contribution in [0, 0.1) is 0 Å². The van der Waals surface area contributed by atoms with Crippen LogP contribution >= 0.6 is 0 Å². The molecule has 6 nitrogen and oxygen atoms in total. The molecular weight excluding hydrogens is 264 g/mol. The Morgan fingerprint density at radius 3 is 2.68 bits per heavy atom. The van der Waals surface area contributed by atoms with Gasteiger partial charge in [-0.2, -0.15) is 0 Å². The summed E-state index contributed by atoms with van der Waals surface area (Å²) < 4.78 is 22.6. The molecule has 0 saturated heterocycles. The number of rotatable bonds is 4. The molecule has 0 bridgehead atoms. The zero-order valence-corrected chi connectivity index (χ0v) is 10.9. The minimum atomic E-state index is -3.76. The highest BCUT2D eigenvalue weighted by Gasteiger charge is 2.09. The molecule has 2 rings (SSSR count). The van der Waals surface area contributed by atoms with Gasteiger partial charge in [-0.15, -0.1) is 0 Å². The molecule has 0 fully saturated rings. The maximum absolute atomic E-state index is 11.3. The number of benzene rings is 1. The fourth-order valence-corrected chi connectivity index (χ4v) is 2.19. The van der Waals surface area contributed by atoms with Crippen LogP contribution in [-0.4, -0.2) is 13.4 Å². The molecule has 0 aliphatic heterocycles. The third-order valence-electron chi connectivity index (χ3n) is 2.48. The third kappa shape index (κ3) is 3.67. The normalized spacial score (nSPS) is 11.2. The number of hydrogen-bond donors (Lipinski definition) is 3. The van der Waals surface area contributed by atoms with E-state index in [0.717, 1.165) is 5.56 Å². The molecule has 1 aromatic carbocycles. The average molecular weight is 278 g/mol. The predicted octanol–water partition coefficient (Wildman–Crippen LogP) is 0.923. The van der Waals surface area contributed by atoms with Crippen molar-refractivity contribution in [1.29, 1.82) is 0 Å². The molecule has 0 unspecified atom stereocenters. The summed E-state index contributed by atoms with van der Waals surface area (Å²) in [6.07, 6.45) is 3.41. The monoisotopic (exact) mass is 278 g/mol. The Morgan fingerprint density at radius 2 is 2.05 bits per heavy atom. The van der Waals surface area contributed by atoms with Gasteiger partial charge in [0.15, 0.2) is 0 Å². The number of nitrogens with zero attached hydrogens (tertiary/aromatic N) is 1. The maximum Gasteiger partial charge on any atom is 0.238 e. The van der Waals surface area contributed by atoms with E-state index in [1.165, 1.54) is 12.1 Å². The first kappa shape index (κ1) is 13.3. The number of anilines is 2. The van der Waals surface area contributed by atoms with Crippen LogP contribution in [-0.2, 0) is 16.6 Å². The molecule has 0 amide bonds. The minimum Gasteiger partial charge on any atom is -0.399 e. The second kappa shape index (κ2) is 5.25. The van der Waals surface area contributed by atoms with Gasteiger partial charge in [-0.25, -0.2) is 13.6 Å². The molecule has 0 aliphatic carbocycles. The smallest absolute Gasteiger partial charge is 0.238 e. The fourth-order valence-electron chi connectivity index (χ4n) is 1.60. The van der Waals surface area contributed by atoms with E-state index < -0.39 is 10.0 Å². The Balaban J connectivity index is 2.19. The molecule has 0 saturated carbocycles. The molecule has 2 aromatic rings. The SMILES string of the molecule is Nc1cc(NCc2cccnc2)cc(S(N)(=O)=O)c1. The van der Waals surface area contributed by atoms with Crippen LogP contribution in [0.1, 0.15) is 5.56 Å². The van der Waals surface area contributed by atoms with Crippen molar-refractivity contribution in [2.45, 2.75) is 11.4 Å². The average Bonchev–Trinajstić information content (AvgIpc) is 2.36. The first-order valence-electron chi connectivity index (χ1n) is 5.51. The first-order chi connectivity index (χ1) is 8.95. The van der Waals surface area contributed by atoms with Crippen LogP contribution < -0.4 is 16.2 Å². The van der Waals surface area contributed by atoms with E-state index in [9.17, 15) is 8.42 Å².